The molecule has 0 aliphatic carbocycles. The molecule has 2 atom stereocenters. The second-order valence-electron chi connectivity index (χ2n) is 6.37. The first-order valence-electron chi connectivity index (χ1n) is 8.29. The summed E-state index contributed by atoms with van der Waals surface area (Å²) in [6.07, 6.45) is 5.14. The third kappa shape index (κ3) is 2.58. The molecule has 4 heterocycles. The van der Waals surface area contributed by atoms with Crippen molar-refractivity contribution in [1.29, 1.82) is 0 Å². The van der Waals surface area contributed by atoms with Gasteiger partial charge in [-0.15, -0.1) is 0 Å². The molecule has 6 heteroatoms. The molecule has 2 saturated heterocycles. The van der Waals surface area contributed by atoms with Crippen molar-refractivity contribution in [1.82, 2.24) is 14.8 Å². The van der Waals surface area contributed by atoms with Crippen LogP contribution in [-0.4, -0.2) is 52.3 Å². The third-order valence-corrected chi connectivity index (χ3v) is 4.94. The van der Waals surface area contributed by atoms with Crippen LogP contribution in [0.2, 0.25) is 0 Å². The predicted octanol–water partition coefficient (Wildman–Crippen LogP) is 2.05. The van der Waals surface area contributed by atoms with E-state index in [0.717, 1.165) is 19.4 Å². The number of nitrogens with zero attached hydrogens (tertiary/aromatic N) is 3. The molecular formula is C18H19N3O3. The van der Waals surface area contributed by atoms with E-state index in [9.17, 15) is 9.59 Å². The van der Waals surface area contributed by atoms with Crippen molar-refractivity contribution in [2.45, 2.75) is 18.9 Å². The fourth-order valence-electron chi connectivity index (χ4n) is 3.79. The Kier molecular flexibility index (Phi) is 3.80. The van der Waals surface area contributed by atoms with E-state index in [1.165, 1.54) is 6.26 Å². The zero-order valence-corrected chi connectivity index (χ0v) is 13.3. The van der Waals surface area contributed by atoms with E-state index in [2.05, 4.69) is 4.98 Å². The highest BCUT2D eigenvalue weighted by molar-refractivity contribution is 5.93. The number of carbonyl (C=O) groups excluding carboxylic acids is 2. The molecule has 0 saturated carbocycles. The summed E-state index contributed by atoms with van der Waals surface area (Å²) < 4.78 is 5.22. The molecule has 124 valence electrons. The molecule has 0 unspecified atom stereocenters. The topological polar surface area (TPSA) is 66.7 Å². The first kappa shape index (κ1) is 14.9. The van der Waals surface area contributed by atoms with Gasteiger partial charge in [0, 0.05) is 25.8 Å². The Morgan fingerprint density at radius 2 is 2.04 bits per heavy atom. The van der Waals surface area contributed by atoms with Gasteiger partial charge in [0.2, 0.25) is 0 Å². The van der Waals surface area contributed by atoms with E-state index in [4.69, 9.17) is 4.42 Å². The molecule has 0 N–H and O–H groups in total. The van der Waals surface area contributed by atoms with Gasteiger partial charge in [-0.25, -0.2) is 0 Å². The highest BCUT2D eigenvalue weighted by atomic mass is 16.3. The van der Waals surface area contributed by atoms with Gasteiger partial charge in [-0.1, -0.05) is 6.07 Å². The van der Waals surface area contributed by atoms with Crippen molar-refractivity contribution in [3.8, 4) is 0 Å². The number of hydrogen-bond acceptors (Lipinski definition) is 4. The van der Waals surface area contributed by atoms with Gasteiger partial charge in [0.25, 0.3) is 11.8 Å². The lowest BCUT2D eigenvalue weighted by Crippen LogP contribution is -2.48. The van der Waals surface area contributed by atoms with Gasteiger partial charge in [0.1, 0.15) is 5.69 Å². The van der Waals surface area contributed by atoms with Crippen molar-refractivity contribution < 1.29 is 14.0 Å². The number of piperidine rings is 1. The number of amides is 2. The van der Waals surface area contributed by atoms with Crippen LogP contribution in [0.25, 0.3) is 0 Å². The summed E-state index contributed by atoms with van der Waals surface area (Å²) in [6.45, 7) is 1.96. The molecule has 2 aliphatic rings. The van der Waals surface area contributed by atoms with Gasteiger partial charge in [-0.3, -0.25) is 14.6 Å². The highest BCUT2D eigenvalue weighted by Gasteiger charge is 2.43. The van der Waals surface area contributed by atoms with Gasteiger partial charge in [-0.05, 0) is 43.0 Å². The van der Waals surface area contributed by atoms with E-state index >= 15 is 0 Å². The molecule has 0 bridgehead atoms. The Morgan fingerprint density at radius 3 is 2.79 bits per heavy atom. The molecule has 2 aromatic heterocycles. The molecule has 2 aromatic rings. The standard InChI is InChI=1S/C18H19N3O3/c22-17(14-6-1-2-8-19-14)21-9-3-5-13-11-20(12-15(13)21)18(23)16-7-4-10-24-16/h1-2,4,6-8,10,13,15H,3,5,9,11-12H2/t13-,15+/m1/s1. The van der Waals surface area contributed by atoms with Crippen LogP contribution in [0.3, 0.4) is 0 Å². The highest BCUT2D eigenvalue weighted by Crippen LogP contribution is 2.32. The maximum Gasteiger partial charge on any atom is 0.289 e. The van der Waals surface area contributed by atoms with E-state index in [1.54, 1.807) is 35.4 Å². The largest absolute Gasteiger partial charge is 0.459 e. The predicted molar refractivity (Wildman–Crippen MR) is 86.4 cm³/mol. The smallest absolute Gasteiger partial charge is 0.289 e. The summed E-state index contributed by atoms with van der Waals surface area (Å²) in [6, 6.07) is 8.83. The summed E-state index contributed by atoms with van der Waals surface area (Å²) >= 11 is 0. The van der Waals surface area contributed by atoms with Crippen LogP contribution >= 0.6 is 0 Å². The summed E-state index contributed by atoms with van der Waals surface area (Å²) in [7, 11) is 0. The van der Waals surface area contributed by atoms with Crippen LogP contribution in [-0.2, 0) is 0 Å². The lowest BCUT2D eigenvalue weighted by molar-refractivity contribution is 0.0557. The Hall–Kier alpha value is -2.63. The number of hydrogen-bond donors (Lipinski definition) is 0. The summed E-state index contributed by atoms with van der Waals surface area (Å²) in [5, 5.41) is 0. The number of aromatic nitrogens is 1. The normalized spacial score (nSPS) is 23.2. The maximum atomic E-state index is 12.8. The minimum Gasteiger partial charge on any atom is -0.459 e. The van der Waals surface area contributed by atoms with E-state index in [1.807, 2.05) is 11.0 Å². The molecule has 0 spiro atoms. The summed E-state index contributed by atoms with van der Waals surface area (Å²) in [5.41, 5.74) is 0.467. The van der Waals surface area contributed by atoms with Crippen LogP contribution in [0.15, 0.2) is 47.2 Å². The van der Waals surface area contributed by atoms with Crippen molar-refractivity contribution in [3.05, 3.63) is 54.2 Å². The Bertz CT molecular complexity index is 729. The minimum absolute atomic E-state index is 0.0439. The first-order chi connectivity index (χ1) is 11.7. The van der Waals surface area contributed by atoms with Gasteiger partial charge >= 0.3 is 0 Å². The van der Waals surface area contributed by atoms with Crippen molar-refractivity contribution >= 4 is 11.8 Å². The van der Waals surface area contributed by atoms with Crippen LogP contribution in [0.5, 0.6) is 0 Å². The molecule has 24 heavy (non-hydrogen) atoms. The van der Waals surface area contributed by atoms with Crippen LogP contribution in [0, 0.1) is 5.92 Å². The van der Waals surface area contributed by atoms with E-state index in [-0.39, 0.29) is 17.9 Å². The molecule has 0 aromatic carbocycles. The Labute approximate surface area is 140 Å². The molecule has 2 fully saturated rings. The van der Waals surface area contributed by atoms with Crippen molar-refractivity contribution in [3.63, 3.8) is 0 Å². The van der Waals surface area contributed by atoms with Crippen LogP contribution in [0.4, 0.5) is 0 Å². The fraction of sp³-hybridized carbons (Fsp3) is 0.389. The second kappa shape index (κ2) is 6.11. The lowest BCUT2D eigenvalue weighted by atomic mass is 9.92. The van der Waals surface area contributed by atoms with Crippen LogP contribution in [0.1, 0.15) is 33.9 Å². The zero-order chi connectivity index (χ0) is 16.5. The first-order valence-corrected chi connectivity index (χ1v) is 8.29. The number of likely N-dealkylation sites (tertiary alicyclic amines) is 2. The monoisotopic (exact) mass is 325 g/mol. The van der Waals surface area contributed by atoms with Gasteiger partial charge in [0.05, 0.1) is 12.3 Å². The molecular weight excluding hydrogens is 306 g/mol. The van der Waals surface area contributed by atoms with Crippen molar-refractivity contribution in [2.75, 3.05) is 19.6 Å². The van der Waals surface area contributed by atoms with Gasteiger partial charge in [-0.2, -0.15) is 0 Å². The number of rotatable bonds is 2. The van der Waals surface area contributed by atoms with E-state index < -0.39 is 0 Å². The van der Waals surface area contributed by atoms with Gasteiger partial charge < -0.3 is 14.2 Å². The minimum atomic E-state index is -0.0976. The molecule has 0 radical (unpaired) electrons. The zero-order valence-electron chi connectivity index (χ0n) is 13.3. The summed E-state index contributed by atoms with van der Waals surface area (Å²) in [5.74, 6) is 0.541. The molecule has 6 nitrogen and oxygen atoms in total. The second-order valence-corrected chi connectivity index (χ2v) is 6.37. The third-order valence-electron chi connectivity index (χ3n) is 4.94. The number of carbonyl (C=O) groups is 2. The molecule has 2 aliphatic heterocycles. The van der Waals surface area contributed by atoms with E-state index in [0.29, 0.717) is 30.5 Å². The number of furan rings is 1. The summed E-state index contributed by atoms with van der Waals surface area (Å²) in [4.78, 5) is 33.2. The van der Waals surface area contributed by atoms with Crippen molar-refractivity contribution in [2.24, 2.45) is 5.92 Å². The average molecular weight is 325 g/mol. The molecule has 4 rings (SSSR count). The SMILES string of the molecule is O=C(c1ccco1)N1C[C@H]2CCCN(C(=O)c3ccccn3)[C@H]2C1. The quantitative estimate of drug-likeness (QED) is 0.847. The Morgan fingerprint density at radius 1 is 1.12 bits per heavy atom. The lowest BCUT2D eigenvalue weighted by Gasteiger charge is -2.36. The Balaban J connectivity index is 1.53. The van der Waals surface area contributed by atoms with Gasteiger partial charge in [0.15, 0.2) is 5.76 Å². The maximum absolute atomic E-state index is 12.8. The number of pyridine rings is 1. The fourth-order valence-corrected chi connectivity index (χ4v) is 3.79. The molecule has 2 amide bonds. The number of fused-ring (bicyclic) bond motifs is 1. The average Bonchev–Trinajstić information content (AvgIpc) is 3.30. The van der Waals surface area contributed by atoms with Crippen LogP contribution < -0.4 is 0 Å².